The highest BCUT2D eigenvalue weighted by atomic mass is 35.5. The van der Waals surface area contributed by atoms with Crippen LogP contribution in [-0.2, 0) is 14.6 Å². The first-order chi connectivity index (χ1) is 8.35. The van der Waals surface area contributed by atoms with Crippen molar-refractivity contribution in [1.82, 2.24) is 4.98 Å². The molecule has 2 N–H and O–H groups in total. The van der Waals surface area contributed by atoms with Gasteiger partial charge >= 0.3 is 0 Å². The molecule has 0 aliphatic carbocycles. The fourth-order valence-corrected chi connectivity index (χ4v) is 2.44. The van der Waals surface area contributed by atoms with E-state index in [2.05, 4.69) is 15.6 Å². The molecule has 6 nitrogen and oxygen atoms in total. The van der Waals surface area contributed by atoms with E-state index in [0.29, 0.717) is 16.7 Å². The average Bonchev–Trinajstić information content (AvgIpc) is 2.26. The van der Waals surface area contributed by atoms with Gasteiger partial charge in [-0.05, 0) is 18.6 Å². The molecule has 98 valence electrons. The van der Waals surface area contributed by atoms with Crippen molar-refractivity contribution in [2.45, 2.75) is 12.5 Å². The largest absolute Gasteiger partial charge is 0.357 e. The molecule has 8 heteroatoms. The second-order valence-electron chi connectivity index (χ2n) is 4.13. The molecule has 0 bridgehead atoms. The number of hydrogen-bond acceptors (Lipinski definition) is 5. The van der Waals surface area contributed by atoms with Crippen LogP contribution in [-0.4, -0.2) is 37.4 Å². The lowest BCUT2D eigenvalue weighted by molar-refractivity contribution is -0.117. The van der Waals surface area contributed by atoms with Gasteiger partial charge in [0, 0.05) is 6.26 Å². The van der Waals surface area contributed by atoms with E-state index < -0.39 is 15.9 Å². The summed E-state index contributed by atoms with van der Waals surface area (Å²) in [5.41, 5.74) is 0.542. The summed E-state index contributed by atoms with van der Waals surface area (Å²) >= 11 is 5.75. The average molecular weight is 290 g/mol. The molecule has 0 fully saturated rings. The van der Waals surface area contributed by atoms with Gasteiger partial charge < -0.3 is 10.6 Å². The zero-order chi connectivity index (χ0) is 13.3. The normalized spacial score (nSPS) is 18.8. The fourth-order valence-electron chi connectivity index (χ4n) is 1.63. The molecule has 1 aromatic rings. The van der Waals surface area contributed by atoms with Crippen molar-refractivity contribution in [3.63, 3.8) is 0 Å². The summed E-state index contributed by atoms with van der Waals surface area (Å²) in [6.45, 7) is 0. The minimum Gasteiger partial charge on any atom is -0.357 e. The zero-order valence-corrected chi connectivity index (χ0v) is 11.2. The predicted octanol–water partition coefficient (Wildman–Crippen LogP) is 0.902. The molecule has 1 aliphatic rings. The van der Waals surface area contributed by atoms with Crippen LogP contribution < -0.4 is 10.6 Å². The van der Waals surface area contributed by atoms with Gasteiger partial charge in [0.25, 0.3) is 0 Å². The van der Waals surface area contributed by atoms with Crippen LogP contribution in [0.4, 0.5) is 11.5 Å². The second-order valence-corrected chi connectivity index (χ2v) is 6.78. The van der Waals surface area contributed by atoms with Crippen LogP contribution in [0.5, 0.6) is 0 Å². The molecule has 18 heavy (non-hydrogen) atoms. The van der Waals surface area contributed by atoms with Gasteiger partial charge in [-0.25, -0.2) is 13.4 Å². The topological polar surface area (TPSA) is 88.2 Å². The number of pyridine rings is 1. The molecule has 0 aromatic carbocycles. The number of nitrogens with zero attached hydrogens (tertiary/aromatic N) is 1. The van der Waals surface area contributed by atoms with Gasteiger partial charge in [-0.2, -0.15) is 0 Å². The molecular weight excluding hydrogens is 278 g/mol. The molecular formula is C10H12ClN3O3S. The summed E-state index contributed by atoms with van der Waals surface area (Å²) in [6, 6.07) is 2.60. The van der Waals surface area contributed by atoms with Crippen molar-refractivity contribution in [2.24, 2.45) is 0 Å². The highest BCUT2D eigenvalue weighted by Crippen LogP contribution is 2.26. The SMILES string of the molecule is CS(=O)(=O)CCC1Nc2nc(Cl)ccc2NC1=O. The molecule has 1 aromatic heterocycles. The molecule has 0 saturated heterocycles. The van der Waals surface area contributed by atoms with Crippen molar-refractivity contribution in [3.8, 4) is 0 Å². The Morgan fingerprint density at radius 2 is 2.17 bits per heavy atom. The first-order valence-corrected chi connectivity index (χ1v) is 7.71. The van der Waals surface area contributed by atoms with Crippen molar-refractivity contribution in [1.29, 1.82) is 0 Å². The number of carbonyl (C=O) groups is 1. The first kappa shape index (κ1) is 13.1. The number of sulfone groups is 1. The summed E-state index contributed by atoms with van der Waals surface area (Å²) in [6.07, 6.45) is 1.33. The summed E-state index contributed by atoms with van der Waals surface area (Å²) in [5, 5.41) is 5.85. The summed E-state index contributed by atoms with van der Waals surface area (Å²) in [7, 11) is -3.10. The number of nitrogens with one attached hydrogen (secondary N) is 2. The Morgan fingerprint density at radius 3 is 2.83 bits per heavy atom. The van der Waals surface area contributed by atoms with E-state index in [1.807, 2.05) is 0 Å². The van der Waals surface area contributed by atoms with E-state index >= 15 is 0 Å². The molecule has 1 atom stereocenters. The van der Waals surface area contributed by atoms with Gasteiger partial charge in [-0.1, -0.05) is 11.6 Å². The fraction of sp³-hybridized carbons (Fsp3) is 0.400. The molecule has 2 heterocycles. The van der Waals surface area contributed by atoms with Crippen molar-refractivity contribution in [2.75, 3.05) is 22.6 Å². The molecule has 0 radical (unpaired) electrons. The lowest BCUT2D eigenvalue weighted by Gasteiger charge is -2.25. The van der Waals surface area contributed by atoms with Gasteiger partial charge in [-0.15, -0.1) is 0 Å². The van der Waals surface area contributed by atoms with Crippen LogP contribution in [0.25, 0.3) is 0 Å². The Labute approximate surface area is 110 Å². The lowest BCUT2D eigenvalue weighted by Crippen LogP contribution is -2.40. The summed E-state index contributed by atoms with van der Waals surface area (Å²) in [4.78, 5) is 15.8. The first-order valence-electron chi connectivity index (χ1n) is 5.27. The maximum Gasteiger partial charge on any atom is 0.247 e. The van der Waals surface area contributed by atoms with Crippen LogP contribution in [0, 0.1) is 0 Å². The molecule has 1 unspecified atom stereocenters. The van der Waals surface area contributed by atoms with E-state index in [1.165, 1.54) is 0 Å². The van der Waals surface area contributed by atoms with Crippen molar-refractivity contribution < 1.29 is 13.2 Å². The molecule has 1 amide bonds. The number of fused-ring (bicyclic) bond motifs is 1. The third-order valence-electron chi connectivity index (χ3n) is 2.52. The van der Waals surface area contributed by atoms with Crippen LogP contribution in [0.1, 0.15) is 6.42 Å². The number of amides is 1. The van der Waals surface area contributed by atoms with Crippen LogP contribution in [0.15, 0.2) is 12.1 Å². The molecule has 1 aliphatic heterocycles. The van der Waals surface area contributed by atoms with Gasteiger partial charge in [0.15, 0.2) is 5.82 Å². The van der Waals surface area contributed by atoms with E-state index in [-0.39, 0.29) is 18.1 Å². The lowest BCUT2D eigenvalue weighted by atomic mass is 10.1. The monoisotopic (exact) mass is 289 g/mol. The smallest absolute Gasteiger partial charge is 0.247 e. The van der Waals surface area contributed by atoms with Crippen LogP contribution >= 0.6 is 11.6 Å². The van der Waals surface area contributed by atoms with E-state index in [9.17, 15) is 13.2 Å². The van der Waals surface area contributed by atoms with Gasteiger partial charge in [0.05, 0.1) is 11.4 Å². The maximum absolute atomic E-state index is 11.7. The number of aromatic nitrogens is 1. The Morgan fingerprint density at radius 1 is 1.44 bits per heavy atom. The zero-order valence-electron chi connectivity index (χ0n) is 9.60. The molecule has 0 spiro atoms. The third kappa shape index (κ3) is 3.11. The van der Waals surface area contributed by atoms with Crippen LogP contribution in [0.3, 0.4) is 0 Å². The molecule has 0 saturated carbocycles. The number of halogens is 1. The number of anilines is 2. The standard InChI is InChI=1S/C10H12ClN3O3S/c1-18(16,17)5-4-7-10(15)13-6-2-3-8(11)14-9(6)12-7/h2-3,7H,4-5H2,1H3,(H,12,14)(H,13,15). The Bertz CT molecular complexity index is 588. The van der Waals surface area contributed by atoms with E-state index in [4.69, 9.17) is 11.6 Å². The highest BCUT2D eigenvalue weighted by molar-refractivity contribution is 7.90. The quantitative estimate of drug-likeness (QED) is 0.807. The Hall–Kier alpha value is -1.34. The number of hydrogen-bond donors (Lipinski definition) is 2. The van der Waals surface area contributed by atoms with Gasteiger partial charge in [0.1, 0.15) is 21.0 Å². The van der Waals surface area contributed by atoms with Crippen molar-refractivity contribution in [3.05, 3.63) is 17.3 Å². The predicted molar refractivity (Wildman–Crippen MR) is 69.6 cm³/mol. The van der Waals surface area contributed by atoms with E-state index in [1.54, 1.807) is 12.1 Å². The van der Waals surface area contributed by atoms with Gasteiger partial charge in [-0.3, -0.25) is 4.79 Å². The minimum atomic E-state index is -3.10. The molecule has 2 rings (SSSR count). The highest BCUT2D eigenvalue weighted by Gasteiger charge is 2.27. The third-order valence-corrected chi connectivity index (χ3v) is 3.71. The number of carbonyl (C=O) groups excluding carboxylic acids is 1. The van der Waals surface area contributed by atoms with Crippen molar-refractivity contribution >= 4 is 38.9 Å². The van der Waals surface area contributed by atoms with Crippen LogP contribution in [0.2, 0.25) is 5.15 Å². The minimum absolute atomic E-state index is 0.0615. The summed E-state index contributed by atoms with van der Waals surface area (Å²) < 4.78 is 22.2. The van der Waals surface area contributed by atoms with Gasteiger partial charge in [0.2, 0.25) is 5.91 Å². The number of rotatable bonds is 3. The Balaban J connectivity index is 2.14. The second kappa shape index (κ2) is 4.74. The van der Waals surface area contributed by atoms with E-state index in [0.717, 1.165) is 6.26 Å². The Kier molecular flexibility index (Phi) is 3.45. The maximum atomic E-state index is 11.7. The summed E-state index contributed by atoms with van der Waals surface area (Å²) in [5.74, 6) is 0.129.